The molecule has 1 fully saturated rings. The van der Waals surface area contributed by atoms with Crippen LogP contribution in [0.15, 0.2) is 256 Å². The minimum atomic E-state index is -0.334. The SMILES string of the molecule is Brc1c2ccccc2c(-c2ccc3c(c2)CC3)c2ccccc12.CC1(C)OB(c2ccc(-c3ccc4c(c3)oc3cc5c(cc34)CC5)cc2)OC1(C)C.c1ccc2c(-c3ccc4c(c3)CC4)c3ccccc3c(-c3ccc(-c4ccc5c(c4)oc4cc6c(cc45)CC6)cc3)c2c1. The molecule has 0 N–H and O–H groups in total. The third kappa shape index (κ3) is 9.38. The van der Waals surface area contributed by atoms with Gasteiger partial charge in [-0.2, -0.15) is 0 Å². The summed E-state index contributed by atoms with van der Waals surface area (Å²) in [5.41, 5.74) is 28.7. The van der Waals surface area contributed by atoms with Crippen molar-refractivity contribution in [2.45, 2.75) is 90.3 Å². The van der Waals surface area contributed by atoms with Crippen LogP contribution in [0, 0.1) is 0 Å². The van der Waals surface area contributed by atoms with Crippen molar-refractivity contribution in [3.63, 3.8) is 0 Å². The molecule has 0 unspecified atom stereocenters. The molecule has 4 nitrogen and oxygen atoms in total. The van der Waals surface area contributed by atoms with Gasteiger partial charge in [0.05, 0.1) is 11.2 Å². The summed E-state index contributed by atoms with van der Waals surface area (Å²) in [6, 6.07) is 89.2. The second-order valence-electron chi connectivity index (χ2n) is 28.2. The number of benzene rings is 14. The van der Waals surface area contributed by atoms with Crippen molar-refractivity contribution in [2.24, 2.45) is 0 Å². The molecule has 16 aromatic rings. The van der Waals surface area contributed by atoms with Gasteiger partial charge in [-0.05, 0) is 292 Å². The van der Waals surface area contributed by atoms with Gasteiger partial charge in [-0.15, -0.1) is 0 Å². The van der Waals surface area contributed by atoms with E-state index >= 15 is 0 Å². The van der Waals surface area contributed by atoms with Gasteiger partial charge in [0.25, 0.3) is 0 Å². The fourth-order valence-corrected chi connectivity index (χ4v) is 16.5. The number of hydrogen-bond acceptors (Lipinski definition) is 4. The standard InChI is InChI=1S/C42H28O.C26H25BO3.C22H15Br/c1-3-7-36-34(5-1)41(35-6-2-4-8-37(35)42(36)32-18-12-25-11-15-28(25)21-32)27-13-9-26(10-14-27)30-19-20-33-38-22-29-16-17-31(29)24-40(38)43-39(33)23-30;1-25(2)26(3,4)30-27(29-25)20-10-7-16(8-11-20)18-9-12-21-22-13-17-5-6-19(17)15-24(22)28-23(21)14-18;23-22-19-7-3-1-5-17(19)21(18-6-2-4-8-20(18)22)16-12-10-14-9-11-15(14)13-16/h1-10,12-14,18-24H,11,15-17H2;7-15H,5-6H2,1-4H3;1-8,10,12-13H,9,11H2. The quantitative estimate of drug-likeness (QED) is 0.123. The van der Waals surface area contributed by atoms with Gasteiger partial charge in [0.15, 0.2) is 0 Å². The van der Waals surface area contributed by atoms with E-state index in [9.17, 15) is 0 Å². The van der Waals surface area contributed by atoms with Crippen molar-refractivity contribution in [3.8, 4) is 55.6 Å². The van der Waals surface area contributed by atoms with E-state index in [1.807, 2.05) is 0 Å². The van der Waals surface area contributed by atoms with Gasteiger partial charge in [-0.1, -0.05) is 194 Å². The van der Waals surface area contributed by atoms with Crippen LogP contribution in [0.2, 0.25) is 0 Å². The van der Waals surface area contributed by atoms with Crippen LogP contribution < -0.4 is 5.46 Å². The lowest BCUT2D eigenvalue weighted by Gasteiger charge is -2.32. The molecule has 5 aliphatic rings. The summed E-state index contributed by atoms with van der Waals surface area (Å²) in [6.45, 7) is 8.32. The monoisotopic (exact) mass is 1300 g/mol. The van der Waals surface area contributed by atoms with Crippen LogP contribution in [0.5, 0.6) is 0 Å². The van der Waals surface area contributed by atoms with E-state index in [0.29, 0.717) is 0 Å². The van der Waals surface area contributed by atoms with E-state index in [4.69, 9.17) is 18.1 Å². The average molecular weight is 1300 g/mol. The number of hydrogen-bond donors (Lipinski definition) is 0. The molecule has 462 valence electrons. The Bertz CT molecular complexity index is 5800. The van der Waals surface area contributed by atoms with Gasteiger partial charge in [0, 0.05) is 26.0 Å². The largest absolute Gasteiger partial charge is 0.494 e. The summed E-state index contributed by atoms with van der Waals surface area (Å²) in [6.07, 6.45) is 9.56. The smallest absolute Gasteiger partial charge is 0.456 e. The van der Waals surface area contributed by atoms with Gasteiger partial charge in [0.1, 0.15) is 22.3 Å². The van der Waals surface area contributed by atoms with E-state index in [2.05, 4.69) is 286 Å². The Kier molecular flexibility index (Phi) is 13.3. The second kappa shape index (κ2) is 22.1. The Labute approximate surface area is 567 Å². The molecule has 0 amide bonds. The summed E-state index contributed by atoms with van der Waals surface area (Å²) in [5, 5.41) is 15.3. The summed E-state index contributed by atoms with van der Waals surface area (Å²) in [7, 11) is -0.334. The van der Waals surface area contributed by atoms with Crippen LogP contribution in [0.4, 0.5) is 0 Å². The Morgan fingerprint density at radius 2 is 0.562 bits per heavy atom. The number of furan rings is 2. The maximum absolute atomic E-state index is 6.34. The molecule has 6 heteroatoms. The van der Waals surface area contributed by atoms with Crippen LogP contribution in [0.1, 0.15) is 72.2 Å². The van der Waals surface area contributed by atoms with Crippen LogP contribution in [-0.4, -0.2) is 18.3 Å². The van der Waals surface area contributed by atoms with Crippen molar-refractivity contribution < 1.29 is 18.1 Å². The fraction of sp³-hybridized carbons (Fsp3) is 0.156. The average Bonchev–Trinajstić information content (AvgIpc) is 0.870. The van der Waals surface area contributed by atoms with E-state index in [0.717, 1.165) is 38.9 Å². The maximum atomic E-state index is 6.34. The van der Waals surface area contributed by atoms with Crippen LogP contribution >= 0.6 is 15.9 Å². The third-order valence-electron chi connectivity index (χ3n) is 22.3. The zero-order valence-electron chi connectivity index (χ0n) is 54.3. The molecular weight excluding hydrogens is 1240 g/mol. The molecule has 0 bridgehead atoms. The highest BCUT2D eigenvalue weighted by molar-refractivity contribution is 9.10. The lowest BCUT2D eigenvalue weighted by molar-refractivity contribution is 0.00578. The molecule has 3 heterocycles. The summed E-state index contributed by atoms with van der Waals surface area (Å²) < 4.78 is 26.1. The van der Waals surface area contributed by atoms with Gasteiger partial charge < -0.3 is 18.1 Å². The fourth-order valence-electron chi connectivity index (χ4n) is 15.8. The molecule has 0 spiro atoms. The molecule has 21 rings (SSSR count). The first-order valence-electron chi connectivity index (χ1n) is 34.2. The van der Waals surface area contributed by atoms with Gasteiger partial charge in [-0.3, -0.25) is 0 Å². The van der Waals surface area contributed by atoms with Crippen LogP contribution in [0.25, 0.3) is 143 Å². The summed E-state index contributed by atoms with van der Waals surface area (Å²) in [5.74, 6) is 0. The third-order valence-corrected chi connectivity index (χ3v) is 23.2. The molecule has 96 heavy (non-hydrogen) atoms. The lowest BCUT2D eigenvalue weighted by atomic mass is 9.78. The maximum Gasteiger partial charge on any atom is 0.494 e. The highest BCUT2D eigenvalue weighted by Crippen LogP contribution is 2.47. The summed E-state index contributed by atoms with van der Waals surface area (Å²) >= 11 is 3.83. The normalized spacial score (nSPS) is 15.3. The Balaban J connectivity index is 0.000000107. The molecule has 14 aromatic carbocycles. The Morgan fingerprint density at radius 1 is 0.260 bits per heavy atom. The van der Waals surface area contributed by atoms with Crippen molar-refractivity contribution in [2.75, 3.05) is 0 Å². The van der Waals surface area contributed by atoms with E-state index in [-0.39, 0.29) is 18.3 Å². The van der Waals surface area contributed by atoms with Crippen molar-refractivity contribution in [1.82, 2.24) is 0 Å². The molecule has 0 saturated carbocycles. The first kappa shape index (κ1) is 57.6. The zero-order valence-corrected chi connectivity index (χ0v) is 55.9. The van der Waals surface area contributed by atoms with Crippen LogP contribution in [-0.2, 0) is 60.7 Å². The molecule has 4 aliphatic carbocycles. The van der Waals surface area contributed by atoms with Crippen molar-refractivity contribution in [1.29, 1.82) is 0 Å². The molecule has 1 saturated heterocycles. The lowest BCUT2D eigenvalue weighted by Crippen LogP contribution is -2.41. The van der Waals surface area contributed by atoms with E-state index in [1.165, 1.54) is 209 Å². The Hall–Kier alpha value is -9.82. The topological polar surface area (TPSA) is 44.7 Å². The minimum absolute atomic E-state index is 0.330. The number of halogens is 1. The minimum Gasteiger partial charge on any atom is -0.456 e. The Morgan fingerprint density at radius 3 is 0.948 bits per heavy atom. The number of rotatable bonds is 6. The predicted octanol–water partition coefficient (Wildman–Crippen LogP) is 23.3. The second-order valence-corrected chi connectivity index (χ2v) is 29.0. The predicted molar refractivity (Wildman–Crippen MR) is 404 cm³/mol. The molecule has 1 aliphatic heterocycles. The summed E-state index contributed by atoms with van der Waals surface area (Å²) in [4.78, 5) is 0. The number of aryl methyl sites for hydroxylation is 8. The zero-order chi connectivity index (χ0) is 64.1. The molecule has 2 aromatic heterocycles. The molecular formula is C90H68BBrO4. The first-order valence-corrected chi connectivity index (χ1v) is 35.0. The number of fused-ring (bicyclic) bond motifs is 14. The van der Waals surface area contributed by atoms with Gasteiger partial charge in [0.2, 0.25) is 0 Å². The van der Waals surface area contributed by atoms with Crippen molar-refractivity contribution >= 4 is 115 Å². The highest BCUT2D eigenvalue weighted by atomic mass is 79.9. The van der Waals surface area contributed by atoms with Gasteiger partial charge >= 0.3 is 7.12 Å². The van der Waals surface area contributed by atoms with E-state index in [1.54, 1.807) is 0 Å². The highest BCUT2D eigenvalue weighted by Gasteiger charge is 2.51. The molecule has 0 atom stereocenters. The molecule has 0 radical (unpaired) electrons. The first-order chi connectivity index (χ1) is 46.9. The van der Waals surface area contributed by atoms with Gasteiger partial charge in [-0.25, -0.2) is 0 Å². The van der Waals surface area contributed by atoms with Crippen molar-refractivity contribution in [3.05, 3.63) is 292 Å². The van der Waals surface area contributed by atoms with E-state index < -0.39 is 0 Å². The van der Waals surface area contributed by atoms with Crippen LogP contribution in [0.3, 0.4) is 0 Å².